The fourth-order valence-electron chi connectivity index (χ4n) is 1.77. The van der Waals surface area contributed by atoms with Crippen molar-refractivity contribution in [1.82, 2.24) is 0 Å². The van der Waals surface area contributed by atoms with Crippen LogP contribution < -0.4 is 0 Å². The summed E-state index contributed by atoms with van der Waals surface area (Å²) in [7, 11) is 0. The minimum atomic E-state index is 0. The van der Waals surface area contributed by atoms with Gasteiger partial charge >= 0.3 is 29.6 Å². The third kappa shape index (κ3) is 9.62. The Hall–Kier alpha value is 1.53. The fourth-order valence-corrected chi connectivity index (χ4v) is 1.77. The fraction of sp³-hybridized carbons (Fsp3) is 1.00. The Balaban J connectivity index is -0.0000000556. The third-order valence-electron chi connectivity index (χ3n) is 2.50. The van der Waals surface area contributed by atoms with Gasteiger partial charge in [-0.1, -0.05) is 64.2 Å². The summed E-state index contributed by atoms with van der Waals surface area (Å²) in [5.41, 5.74) is 0. The average Bonchev–Trinajstić information content (AvgIpc) is 2.67. The van der Waals surface area contributed by atoms with Crippen LogP contribution in [0.2, 0.25) is 0 Å². The van der Waals surface area contributed by atoms with Crippen LogP contribution in [0.4, 0.5) is 0 Å². The molecule has 0 saturated heterocycles. The zero-order valence-corrected chi connectivity index (χ0v) is 7.07. The Bertz CT molecular complexity index is 51.3. The Kier molecular flexibility index (Phi) is 16.7. The summed E-state index contributed by atoms with van der Waals surface area (Å²) in [5, 5.41) is 0. The van der Waals surface area contributed by atoms with Gasteiger partial charge in [-0.15, -0.1) is 0 Å². The monoisotopic (exact) mass is 198 g/mol. The first-order valence-electron chi connectivity index (χ1n) is 5.00. The Morgan fingerprint density at radius 3 is 0.583 bits per heavy atom. The van der Waals surface area contributed by atoms with E-state index in [1.807, 2.05) is 0 Å². The van der Waals surface area contributed by atoms with E-state index in [2.05, 4.69) is 0 Å². The van der Waals surface area contributed by atoms with E-state index >= 15 is 0 Å². The van der Waals surface area contributed by atoms with Crippen molar-refractivity contribution in [1.29, 1.82) is 0 Å². The van der Waals surface area contributed by atoms with Gasteiger partial charge in [0.15, 0.2) is 17.4 Å². The topological polar surface area (TPSA) is 0 Å². The van der Waals surface area contributed by atoms with Gasteiger partial charge in [-0.25, -0.2) is 0 Å². The summed E-state index contributed by atoms with van der Waals surface area (Å²) in [6.07, 6.45) is 15.0. The van der Waals surface area contributed by atoms with Crippen LogP contribution in [0.3, 0.4) is 0 Å². The van der Waals surface area contributed by atoms with E-state index in [4.69, 9.17) is 0 Å². The van der Waals surface area contributed by atoms with Gasteiger partial charge in [0.2, 0.25) is 0 Å². The zero-order valence-electron chi connectivity index (χ0n) is 7.07. The number of rotatable bonds is 0. The van der Waals surface area contributed by atoms with Crippen LogP contribution in [0.5, 0.6) is 0 Å². The van der Waals surface area contributed by atoms with Gasteiger partial charge in [-0.3, -0.25) is 0 Å². The predicted octanol–water partition coefficient (Wildman–Crippen LogP) is 2.56. The van der Waals surface area contributed by atoms with E-state index in [-0.39, 0.29) is 49.8 Å². The van der Waals surface area contributed by atoms with Gasteiger partial charge in [0.25, 0.3) is 0 Å². The molecule has 0 unspecified atom stereocenters. The van der Waals surface area contributed by atoms with Crippen molar-refractivity contribution in [3.8, 4) is 0 Å². The second kappa shape index (κ2) is 12.5. The standard InChI is InChI=1S/2C5H10.Al.Na.2H2.4H/c2*1-2-4-5-3-1;;;;;;;;/h2*1-5H2;;;2*1H;;;;. The van der Waals surface area contributed by atoms with E-state index in [0.29, 0.717) is 0 Å². The van der Waals surface area contributed by atoms with E-state index in [9.17, 15) is 0 Å². The molecule has 2 saturated carbocycles. The number of hydrogen-bond donors (Lipinski definition) is 0. The summed E-state index contributed by atoms with van der Waals surface area (Å²) in [6.45, 7) is 0. The first-order valence-corrected chi connectivity index (χ1v) is 5.00. The molecular weight excluding hydrogens is 170 g/mol. The SMILES string of the molecule is C1CCCC1.C1CCCC1.[AlH3].[HH].[HH].[NaH]. The maximum absolute atomic E-state index is 1.50. The van der Waals surface area contributed by atoms with Crippen molar-refractivity contribution in [2.24, 2.45) is 0 Å². The normalized spacial score (nSPS) is 20.0. The van der Waals surface area contributed by atoms with Crippen LogP contribution >= 0.6 is 0 Å². The van der Waals surface area contributed by atoms with Crippen LogP contribution in [0.25, 0.3) is 0 Å². The Morgan fingerprint density at radius 1 is 0.417 bits per heavy atom. The van der Waals surface area contributed by atoms with Crippen molar-refractivity contribution in [2.75, 3.05) is 0 Å². The molecule has 0 spiro atoms. The van der Waals surface area contributed by atoms with Gasteiger partial charge in [-0.05, 0) is 0 Å². The molecule has 0 radical (unpaired) electrons. The molecule has 0 N–H and O–H groups in total. The molecule has 0 aliphatic heterocycles. The zero-order chi connectivity index (χ0) is 7.07. The summed E-state index contributed by atoms with van der Waals surface area (Å²) < 4.78 is 0. The molecule has 0 aromatic rings. The molecular formula is C10H28AlNa. The van der Waals surface area contributed by atoms with Crippen LogP contribution in [-0.4, -0.2) is 46.9 Å². The molecule has 2 aliphatic carbocycles. The summed E-state index contributed by atoms with van der Waals surface area (Å²) in [6, 6.07) is 0. The summed E-state index contributed by atoms with van der Waals surface area (Å²) in [4.78, 5) is 0. The second-order valence-corrected chi connectivity index (χ2v) is 3.54. The van der Waals surface area contributed by atoms with Gasteiger partial charge in [-0.2, -0.15) is 0 Å². The quantitative estimate of drug-likeness (QED) is 0.525. The molecule has 0 aromatic carbocycles. The van der Waals surface area contributed by atoms with Gasteiger partial charge < -0.3 is 0 Å². The van der Waals surface area contributed by atoms with Gasteiger partial charge in [0, 0.05) is 2.85 Å². The van der Waals surface area contributed by atoms with Crippen molar-refractivity contribution in [3.05, 3.63) is 0 Å². The third-order valence-corrected chi connectivity index (χ3v) is 2.50. The molecule has 2 rings (SSSR count). The van der Waals surface area contributed by atoms with Crippen LogP contribution in [0.15, 0.2) is 0 Å². The summed E-state index contributed by atoms with van der Waals surface area (Å²) >= 11 is 0. The van der Waals surface area contributed by atoms with Crippen LogP contribution in [0, 0.1) is 0 Å². The van der Waals surface area contributed by atoms with Crippen LogP contribution in [-0.2, 0) is 0 Å². The average molecular weight is 198 g/mol. The molecule has 0 nitrogen and oxygen atoms in total. The van der Waals surface area contributed by atoms with Crippen molar-refractivity contribution >= 4 is 46.9 Å². The first kappa shape index (κ1) is 16.0. The Labute approximate surface area is 113 Å². The first-order chi connectivity index (χ1) is 5.00. The molecule has 2 aliphatic rings. The van der Waals surface area contributed by atoms with E-state index in [0.717, 1.165) is 0 Å². The Morgan fingerprint density at radius 2 is 0.500 bits per heavy atom. The maximum atomic E-state index is 1.50. The van der Waals surface area contributed by atoms with Gasteiger partial charge in [0.1, 0.15) is 0 Å². The van der Waals surface area contributed by atoms with Crippen molar-refractivity contribution in [2.45, 2.75) is 64.2 Å². The molecule has 2 fully saturated rings. The van der Waals surface area contributed by atoms with E-state index in [1.54, 1.807) is 0 Å². The molecule has 0 bridgehead atoms. The molecule has 0 aromatic heterocycles. The molecule has 0 atom stereocenters. The summed E-state index contributed by atoms with van der Waals surface area (Å²) in [5.74, 6) is 0. The van der Waals surface area contributed by atoms with E-state index < -0.39 is 0 Å². The molecule has 2 heteroatoms. The number of hydrogen-bond acceptors (Lipinski definition) is 0. The molecule has 12 heavy (non-hydrogen) atoms. The van der Waals surface area contributed by atoms with Crippen molar-refractivity contribution < 1.29 is 2.85 Å². The van der Waals surface area contributed by atoms with Gasteiger partial charge in [0.05, 0.1) is 0 Å². The van der Waals surface area contributed by atoms with Crippen molar-refractivity contribution in [3.63, 3.8) is 0 Å². The minimum absolute atomic E-state index is 0. The molecule has 72 valence electrons. The predicted molar refractivity (Wildman–Crippen MR) is 67.5 cm³/mol. The molecule has 0 heterocycles. The second-order valence-electron chi connectivity index (χ2n) is 3.54. The van der Waals surface area contributed by atoms with Crippen LogP contribution in [0.1, 0.15) is 67.1 Å². The van der Waals surface area contributed by atoms with E-state index in [1.165, 1.54) is 64.2 Å². The molecule has 0 amide bonds.